The molecule has 1 saturated heterocycles. The van der Waals surface area contributed by atoms with Gasteiger partial charge in [0.1, 0.15) is 0 Å². The van der Waals surface area contributed by atoms with Gasteiger partial charge in [-0.25, -0.2) is 0 Å². The van der Waals surface area contributed by atoms with E-state index in [1.165, 1.54) is 6.42 Å². The van der Waals surface area contributed by atoms with Gasteiger partial charge in [0, 0.05) is 24.7 Å². The number of nitrogens with one attached hydrogen (secondary N) is 1. The van der Waals surface area contributed by atoms with Crippen molar-refractivity contribution in [2.75, 3.05) is 20.1 Å². The first-order chi connectivity index (χ1) is 9.35. The van der Waals surface area contributed by atoms with Crippen LogP contribution in [0.15, 0.2) is 34.9 Å². The summed E-state index contributed by atoms with van der Waals surface area (Å²) in [5, 5.41) is 7.36. The molecule has 0 aliphatic carbocycles. The molecule has 6 heteroatoms. The maximum atomic E-state index is 5.31. The van der Waals surface area contributed by atoms with Gasteiger partial charge in [0.15, 0.2) is 5.82 Å². The van der Waals surface area contributed by atoms with Crippen molar-refractivity contribution in [2.24, 2.45) is 0 Å². The molecule has 0 radical (unpaired) electrons. The van der Waals surface area contributed by atoms with E-state index in [0.717, 1.165) is 31.0 Å². The fourth-order valence-electron chi connectivity index (χ4n) is 2.43. The van der Waals surface area contributed by atoms with Crippen LogP contribution >= 0.6 is 12.4 Å². The number of halogens is 1. The van der Waals surface area contributed by atoms with E-state index in [9.17, 15) is 0 Å². The molecule has 20 heavy (non-hydrogen) atoms. The van der Waals surface area contributed by atoms with Crippen molar-refractivity contribution >= 4 is 12.4 Å². The van der Waals surface area contributed by atoms with Crippen molar-refractivity contribution < 1.29 is 4.52 Å². The molecule has 5 nitrogen and oxygen atoms in total. The van der Waals surface area contributed by atoms with Crippen LogP contribution in [0.25, 0.3) is 11.5 Å². The summed E-state index contributed by atoms with van der Waals surface area (Å²) < 4.78 is 5.31. The highest BCUT2D eigenvalue weighted by atomic mass is 35.5. The summed E-state index contributed by atoms with van der Waals surface area (Å²) in [5.74, 6) is 1.36. The van der Waals surface area contributed by atoms with Gasteiger partial charge in [-0.15, -0.1) is 12.4 Å². The number of nitrogens with zero attached hydrogens (tertiary/aromatic N) is 3. The zero-order valence-electron chi connectivity index (χ0n) is 11.5. The Kier molecular flexibility index (Phi) is 5.11. The lowest BCUT2D eigenvalue weighted by atomic mass is 10.2. The molecule has 0 bridgehead atoms. The maximum absolute atomic E-state index is 5.31. The minimum Gasteiger partial charge on any atom is -0.334 e. The highest BCUT2D eigenvalue weighted by Gasteiger charge is 2.22. The van der Waals surface area contributed by atoms with Gasteiger partial charge in [-0.1, -0.05) is 23.4 Å². The fourth-order valence-corrected chi connectivity index (χ4v) is 2.43. The van der Waals surface area contributed by atoms with Crippen molar-refractivity contribution in [3.8, 4) is 11.5 Å². The fraction of sp³-hybridized carbons (Fsp3) is 0.429. The summed E-state index contributed by atoms with van der Waals surface area (Å²) in [6, 6.07) is 10.5. The van der Waals surface area contributed by atoms with Crippen LogP contribution in [0, 0.1) is 0 Å². The third kappa shape index (κ3) is 3.36. The van der Waals surface area contributed by atoms with Crippen LogP contribution in [0.5, 0.6) is 0 Å². The lowest BCUT2D eigenvalue weighted by Gasteiger charge is -2.12. The van der Waals surface area contributed by atoms with Crippen LogP contribution in [-0.4, -0.2) is 41.2 Å². The number of likely N-dealkylation sites (tertiary alicyclic amines) is 1. The first kappa shape index (κ1) is 15.0. The molecular formula is C14H19ClN4O. The van der Waals surface area contributed by atoms with Gasteiger partial charge in [0.2, 0.25) is 0 Å². The monoisotopic (exact) mass is 294 g/mol. The third-order valence-electron chi connectivity index (χ3n) is 3.53. The van der Waals surface area contributed by atoms with E-state index in [1.807, 2.05) is 37.4 Å². The average molecular weight is 295 g/mol. The smallest absolute Gasteiger partial charge is 0.257 e. The highest BCUT2D eigenvalue weighted by Crippen LogP contribution is 2.17. The summed E-state index contributed by atoms with van der Waals surface area (Å²) in [6.45, 7) is 2.89. The Balaban J connectivity index is 0.00000147. The van der Waals surface area contributed by atoms with Gasteiger partial charge < -0.3 is 9.84 Å². The predicted octanol–water partition coefficient (Wildman–Crippen LogP) is 1.95. The molecule has 1 atom stereocenters. The molecule has 1 aromatic heterocycles. The van der Waals surface area contributed by atoms with Gasteiger partial charge in [-0.05, 0) is 25.6 Å². The second-order valence-electron chi connectivity index (χ2n) is 4.89. The molecular weight excluding hydrogens is 276 g/mol. The zero-order valence-corrected chi connectivity index (χ0v) is 12.3. The summed E-state index contributed by atoms with van der Waals surface area (Å²) in [5.41, 5.74) is 0.968. The lowest BCUT2D eigenvalue weighted by molar-refractivity contribution is 0.305. The normalized spacial score (nSPS) is 18.9. The second-order valence-corrected chi connectivity index (χ2v) is 4.89. The Bertz CT molecular complexity index is 531. The van der Waals surface area contributed by atoms with E-state index in [-0.39, 0.29) is 12.4 Å². The Hall–Kier alpha value is -1.43. The van der Waals surface area contributed by atoms with Crippen molar-refractivity contribution in [3.05, 3.63) is 36.2 Å². The standard InChI is InChI=1S/C14H18N4O.ClH/c1-15-12-7-8-18(9-12)10-13-16-14(19-17-13)11-5-3-2-4-6-11;/h2-6,12,15H,7-10H2,1H3;1H. The molecule has 1 aliphatic rings. The number of hydrogen-bond donors (Lipinski definition) is 1. The predicted molar refractivity (Wildman–Crippen MR) is 79.7 cm³/mol. The largest absolute Gasteiger partial charge is 0.334 e. The van der Waals surface area contributed by atoms with Crippen LogP contribution in [0.3, 0.4) is 0 Å². The molecule has 0 amide bonds. The van der Waals surface area contributed by atoms with Gasteiger partial charge in [0.25, 0.3) is 5.89 Å². The quantitative estimate of drug-likeness (QED) is 0.934. The molecule has 2 aromatic rings. The highest BCUT2D eigenvalue weighted by molar-refractivity contribution is 5.85. The van der Waals surface area contributed by atoms with Crippen LogP contribution in [-0.2, 0) is 6.54 Å². The number of benzene rings is 1. The molecule has 1 N–H and O–H groups in total. The minimum atomic E-state index is 0. The number of aromatic nitrogens is 2. The molecule has 1 aliphatic heterocycles. The van der Waals surface area contributed by atoms with Crippen molar-refractivity contribution in [1.29, 1.82) is 0 Å². The van der Waals surface area contributed by atoms with Crippen LogP contribution in [0.1, 0.15) is 12.2 Å². The van der Waals surface area contributed by atoms with Gasteiger partial charge in [-0.3, -0.25) is 4.90 Å². The second kappa shape index (κ2) is 6.83. The van der Waals surface area contributed by atoms with Crippen molar-refractivity contribution in [1.82, 2.24) is 20.4 Å². The van der Waals surface area contributed by atoms with Crippen LogP contribution in [0.2, 0.25) is 0 Å². The molecule has 1 aromatic carbocycles. The first-order valence-corrected chi connectivity index (χ1v) is 6.63. The van der Waals surface area contributed by atoms with E-state index in [4.69, 9.17) is 4.52 Å². The van der Waals surface area contributed by atoms with Gasteiger partial charge in [0.05, 0.1) is 6.54 Å². The molecule has 0 spiro atoms. The first-order valence-electron chi connectivity index (χ1n) is 6.63. The molecule has 1 fully saturated rings. The van der Waals surface area contributed by atoms with Crippen LogP contribution < -0.4 is 5.32 Å². The topological polar surface area (TPSA) is 54.2 Å². The molecule has 0 saturated carbocycles. The Morgan fingerprint density at radius 3 is 2.85 bits per heavy atom. The number of hydrogen-bond acceptors (Lipinski definition) is 5. The van der Waals surface area contributed by atoms with Gasteiger partial charge in [-0.2, -0.15) is 4.98 Å². The molecule has 2 heterocycles. The SMILES string of the molecule is CNC1CCN(Cc2noc(-c3ccccc3)n2)C1.Cl. The summed E-state index contributed by atoms with van der Waals surface area (Å²) in [4.78, 5) is 6.80. The van der Waals surface area contributed by atoms with Gasteiger partial charge >= 0.3 is 0 Å². The molecule has 1 unspecified atom stereocenters. The van der Waals surface area contributed by atoms with Crippen molar-refractivity contribution in [2.45, 2.75) is 19.0 Å². The average Bonchev–Trinajstić information content (AvgIpc) is 3.09. The Labute approximate surface area is 124 Å². The summed E-state index contributed by atoms with van der Waals surface area (Å²) >= 11 is 0. The summed E-state index contributed by atoms with van der Waals surface area (Å²) in [6.07, 6.45) is 1.18. The van der Waals surface area contributed by atoms with E-state index < -0.39 is 0 Å². The zero-order chi connectivity index (χ0) is 13.1. The number of likely N-dealkylation sites (N-methyl/N-ethyl adjacent to an activating group) is 1. The Morgan fingerprint density at radius 1 is 1.35 bits per heavy atom. The van der Waals surface area contributed by atoms with E-state index in [1.54, 1.807) is 0 Å². The maximum Gasteiger partial charge on any atom is 0.257 e. The van der Waals surface area contributed by atoms with E-state index in [2.05, 4.69) is 20.4 Å². The molecule has 3 rings (SSSR count). The minimum absolute atomic E-state index is 0. The lowest BCUT2D eigenvalue weighted by Crippen LogP contribution is -2.29. The van der Waals surface area contributed by atoms with Crippen LogP contribution in [0.4, 0.5) is 0 Å². The van der Waals surface area contributed by atoms with Crippen molar-refractivity contribution in [3.63, 3.8) is 0 Å². The summed E-state index contributed by atoms with van der Waals surface area (Å²) in [7, 11) is 2.01. The molecule has 108 valence electrons. The Morgan fingerprint density at radius 2 is 2.15 bits per heavy atom. The third-order valence-corrected chi connectivity index (χ3v) is 3.53. The van der Waals surface area contributed by atoms with E-state index in [0.29, 0.717) is 11.9 Å². The number of rotatable bonds is 4. The van der Waals surface area contributed by atoms with E-state index >= 15 is 0 Å².